The fourth-order valence-electron chi connectivity index (χ4n) is 3.48. The molecule has 1 saturated heterocycles. The topological polar surface area (TPSA) is 75.7 Å². The highest BCUT2D eigenvalue weighted by Gasteiger charge is 2.58. The summed E-state index contributed by atoms with van der Waals surface area (Å²) >= 11 is 3.16. The number of urea groups is 1. The molecule has 1 heterocycles. The van der Waals surface area contributed by atoms with Gasteiger partial charge in [-0.25, -0.2) is 4.79 Å². The number of methoxy groups -OCH3 is 1. The van der Waals surface area contributed by atoms with E-state index in [-0.39, 0.29) is 24.3 Å². The minimum atomic E-state index is -0.821. The minimum Gasteiger partial charge on any atom is -0.468 e. The van der Waals surface area contributed by atoms with Crippen molar-refractivity contribution in [2.24, 2.45) is 11.8 Å². The zero-order chi connectivity index (χ0) is 15.8. The number of nitrogens with zero attached hydrogens (tertiary/aromatic N) is 1. The molecule has 1 aliphatic heterocycles. The molecule has 21 heavy (non-hydrogen) atoms. The number of alkyl halides is 1. The summed E-state index contributed by atoms with van der Waals surface area (Å²) in [7, 11) is 1.27. The Bertz CT molecular complexity index is 458. The van der Waals surface area contributed by atoms with Gasteiger partial charge in [-0.1, -0.05) is 36.2 Å². The smallest absolute Gasteiger partial charge is 0.325 e. The number of carbonyl (C=O) groups is 3. The average Bonchev–Trinajstić information content (AvgIpc) is 2.70. The Balaban J connectivity index is 2.21. The summed E-state index contributed by atoms with van der Waals surface area (Å²) in [6.07, 6.45) is 2.90. The fourth-order valence-corrected chi connectivity index (χ4v) is 3.96. The Morgan fingerprint density at radius 2 is 2.00 bits per heavy atom. The molecule has 7 heteroatoms. The van der Waals surface area contributed by atoms with Crippen molar-refractivity contribution in [2.45, 2.75) is 43.5 Å². The van der Waals surface area contributed by atoms with E-state index in [2.05, 4.69) is 26.0 Å². The molecule has 3 unspecified atom stereocenters. The van der Waals surface area contributed by atoms with E-state index in [0.717, 1.165) is 24.2 Å². The van der Waals surface area contributed by atoms with Gasteiger partial charge >= 0.3 is 12.0 Å². The van der Waals surface area contributed by atoms with Crippen LogP contribution in [0.5, 0.6) is 0 Å². The first-order chi connectivity index (χ1) is 9.84. The van der Waals surface area contributed by atoms with Gasteiger partial charge in [-0.3, -0.25) is 14.5 Å². The van der Waals surface area contributed by atoms with Crippen molar-refractivity contribution in [3.63, 3.8) is 0 Å². The molecular weight excluding hydrogens is 340 g/mol. The highest BCUT2D eigenvalue weighted by molar-refractivity contribution is 9.10. The monoisotopic (exact) mass is 360 g/mol. The molecule has 1 saturated carbocycles. The minimum absolute atomic E-state index is 0.0153. The molecule has 1 spiro atoms. The number of hydrogen-bond acceptors (Lipinski definition) is 4. The van der Waals surface area contributed by atoms with Gasteiger partial charge in [-0.15, -0.1) is 0 Å². The molecular formula is C14H21BrN2O4. The number of ether oxygens (including phenoxy) is 1. The summed E-state index contributed by atoms with van der Waals surface area (Å²) in [4.78, 5) is 36.9. The van der Waals surface area contributed by atoms with Crippen molar-refractivity contribution in [1.29, 1.82) is 0 Å². The van der Waals surface area contributed by atoms with E-state index in [1.54, 1.807) is 0 Å². The predicted octanol–water partition coefficient (Wildman–Crippen LogP) is 1.67. The number of nitrogens with one attached hydrogen (secondary N) is 1. The van der Waals surface area contributed by atoms with Crippen LogP contribution in [0.2, 0.25) is 0 Å². The first-order valence-electron chi connectivity index (χ1n) is 7.20. The van der Waals surface area contributed by atoms with E-state index in [0.29, 0.717) is 0 Å². The van der Waals surface area contributed by atoms with Gasteiger partial charge < -0.3 is 10.1 Å². The number of rotatable bonds is 3. The quantitative estimate of drug-likeness (QED) is 0.471. The van der Waals surface area contributed by atoms with Gasteiger partial charge in [-0.05, 0) is 24.7 Å². The standard InChI is InChI=1S/C14H21BrN2O4/c1-8-5-4-6-9(2)14(8)12(19)17(13(20)16-14)7-10(15)11(18)21-3/h8-10H,4-7H2,1-3H3,(H,16,20). The second-order valence-corrected chi connectivity index (χ2v) is 7.04. The van der Waals surface area contributed by atoms with Crippen molar-refractivity contribution in [1.82, 2.24) is 10.2 Å². The van der Waals surface area contributed by atoms with Crippen LogP contribution in [0.1, 0.15) is 33.1 Å². The van der Waals surface area contributed by atoms with Crippen molar-refractivity contribution in [2.75, 3.05) is 13.7 Å². The Kier molecular flexibility index (Phi) is 4.60. The molecule has 1 N–H and O–H groups in total. The van der Waals surface area contributed by atoms with E-state index >= 15 is 0 Å². The van der Waals surface area contributed by atoms with Crippen LogP contribution in [0.3, 0.4) is 0 Å². The Hall–Kier alpha value is -1.11. The molecule has 2 rings (SSSR count). The molecule has 0 aromatic rings. The molecule has 2 aliphatic rings. The summed E-state index contributed by atoms with van der Waals surface area (Å²) in [5.74, 6) is -0.536. The van der Waals surface area contributed by atoms with Crippen molar-refractivity contribution < 1.29 is 19.1 Å². The van der Waals surface area contributed by atoms with Gasteiger partial charge in [-0.2, -0.15) is 0 Å². The van der Waals surface area contributed by atoms with Gasteiger partial charge in [0.1, 0.15) is 10.4 Å². The van der Waals surface area contributed by atoms with Crippen LogP contribution in [-0.4, -0.2) is 46.8 Å². The van der Waals surface area contributed by atoms with E-state index in [1.807, 2.05) is 13.8 Å². The highest BCUT2D eigenvalue weighted by atomic mass is 79.9. The van der Waals surface area contributed by atoms with Crippen molar-refractivity contribution in [3.05, 3.63) is 0 Å². The van der Waals surface area contributed by atoms with Crippen molar-refractivity contribution >= 4 is 33.8 Å². The second kappa shape index (κ2) is 5.94. The number of hydrogen-bond donors (Lipinski definition) is 1. The first kappa shape index (κ1) is 16.3. The van der Waals surface area contributed by atoms with E-state index in [9.17, 15) is 14.4 Å². The number of halogens is 1. The number of imide groups is 1. The Morgan fingerprint density at radius 3 is 2.52 bits per heavy atom. The summed E-state index contributed by atoms with van der Waals surface area (Å²) in [6.45, 7) is 3.99. The van der Waals surface area contributed by atoms with Crippen LogP contribution in [0.15, 0.2) is 0 Å². The summed E-state index contributed by atoms with van der Waals surface area (Å²) in [6, 6.07) is -0.422. The lowest BCUT2D eigenvalue weighted by Gasteiger charge is -2.42. The van der Waals surface area contributed by atoms with E-state index in [1.165, 1.54) is 7.11 Å². The molecule has 0 bridgehead atoms. The molecule has 3 amide bonds. The lowest BCUT2D eigenvalue weighted by Crippen LogP contribution is -2.59. The molecule has 1 aliphatic carbocycles. The predicted molar refractivity (Wildman–Crippen MR) is 79.9 cm³/mol. The van der Waals surface area contributed by atoms with Crippen LogP contribution in [0.4, 0.5) is 4.79 Å². The van der Waals surface area contributed by atoms with Crippen LogP contribution >= 0.6 is 15.9 Å². The summed E-state index contributed by atoms with van der Waals surface area (Å²) in [5, 5.41) is 2.90. The molecule has 2 fully saturated rings. The van der Waals surface area contributed by atoms with Gasteiger partial charge in [0, 0.05) is 0 Å². The van der Waals surface area contributed by atoms with E-state index in [4.69, 9.17) is 0 Å². The van der Waals surface area contributed by atoms with Gasteiger partial charge in [0.15, 0.2) is 0 Å². The summed E-state index contributed by atoms with van der Waals surface area (Å²) in [5.41, 5.74) is -0.821. The average molecular weight is 361 g/mol. The maximum atomic E-state index is 12.8. The maximum Gasteiger partial charge on any atom is 0.325 e. The van der Waals surface area contributed by atoms with Crippen molar-refractivity contribution in [3.8, 4) is 0 Å². The van der Waals surface area contributed by atoms with Gasteiger partial charge in [0.2, 0.25) is 0 Å². The van der Waals surface area contributed by atoms with Crippen LogP contribution in [-0.2, 0) is 14.3 Å². The molecule has 0 aromatic carbocycles. The third kappa shape index (κ3) is 2.56. The Morgan fingerprint density at radius 1 is 1.43 bits per heavy atom. The van der Waals surface area contributed by atoms with Crippen LogP contribution in [0, 0.1) is 11.8 Å². The second-order valence-electron chi connectivity index (χ2n) is 5.94. The van der Waals surface area contributed by atoms with Gasteiger partial charge in [0.25, 0.3) is 5.91 Å². The third-order valence-electron chi connectivity index (χ3n) is 4.79. The summed E-state index contributed by atoms with van der Waals surface area (Å²) < 4.78 is 4.62. The molecule has 6 nitrogen and oxygen atoms in total. The molecule has 3 atom stereocenters. The SMILES string of the molecule is COC(=O)C(Br)CN1C(=O)NC2(C1=O)C(C)CCCC2C. The molecule has 0 aromatic heterocycles. The number of esters is 1. The van der Waals surface area contributed by atoms with Crippen LogP contribution < -0.4 is 5.32 Å². The molecule has 0 radical (unpaired) electrons. The third-order valence-corrected chi connectivity index (χ3v) is 5.45. The Labute approximate surface area is 132 Å². The normalized spacial score (nSPS) is 34.0. The lowest BCUT2D eigenvalue weighted by molar-refractivity contribution is -0.141. The fraction of sp³-hybridized carbons (Fsp3) is 0.786. The molecule has 118 valence electrons. The van der Waals surface area contributed by atoms with Gasteiger partial charge in [0.05, 0.1) is 13.7 Å². The largest absolute Gasteiger partial charge is 0.468 e. The highest BCUT2D eigenvalue weighted by Crippen LogP contribution is 2.42. The lowest BCUT2D eigenvalue weighted by atomic mass is 9.67. The number of amides is 3. The maximum absolute atomic E-state index is 12.8. The first-order valence-corrected chi connectivity index (χ1v) is 8.12. The number of carbonyl (C=O) groups excluding carboxylic acids is 3. The van der Waals surface area contributed by atoms with Crippen LogP contribution in [0.25, 0.3) is 0 Å². The van der Waals surface area contributed by atoms with E-state index < -0.39 is 22.4 Å². The zero-order valence-corrected chi connectivity index (χ0v) is 14.1. The zero-order valence-electron chi connectivity index (χ0n) is 12.5.